The van der Waals surface area contributed by atoms with Crippen LogP contribution in [0, 0.1) is 11.6 Å². The number of aromatic nitrogens is 1. The molecule has 0 saturated heterocycles. The lowest BCUT2D eigenvalue weighted by atomic mass is 9.99. The Morgan fingerprint density at radius 1 is 1.24 bits per heavy atom. The predicted octanol–water partition coefficient (Wildman–Crippen LogP) is 3.79. The van der Waals surface area contributed by atoms with Crippen molar-refractivity contribution in [2.45, 2.75) is 12.2 Å². The zero-order chi connectivity index (χ0) is 18.6. The van der Waals surface area contributed by atoms with E-state index >= 15 is 0 Å². The molecule has 1 amide bonds. The summed E-state index contributed by atoms with van der Waals surface area (Å²) in [6.07, 6.45) is -3.13. The molecule has 1 N–H and O–H groups in total. The van der Waals surface area contributed by atoms with Gasteiger partial charge in [-0.15, -0.1) is 0 Å². The highest BCUT2D eigenvalue weighted by Gasteiger charge is 2.28. The highest BCUT2D eigenvalue weighted by molar-refractivity contribution is 6.31. The number of hydrogen-bond acceptors (Lipinski definition) is 3. The Bertz CT molecular complexity index is 753. The Kier molecular flexibility index (Phi) is 5.78. The Labute approximate surface area is 143 Å². The molecule has 1 aromatic carbocycles. The molecule has 25 heavy (non-hydrogen) atoms. The monoisotopic (exact) mass is 380 g/mol. The average molecular weight is 381 g/mol. The van der Waals surface area contributed by atoms with E-state index in [0.29, 0.717) is 0 Å². The molecule has 1 unspecified atom stereocenters. The molecule has 0 spiro atoms. The maximum atomic E-state index is 14.2. The summed E-state index contributed by atoms with van der Waals surface area (Å²) in [5.74, 6) is -2.34. The van der Waals surface area contributed by atoms with Crippen molar-refractivity contribution in [3.8, 4) is 5.88 Å². The van der Waals surface area contributed by atoms with Gasteiger partial charge in [0.1, 0.15) is 16.7 Å². The van der Waals surface area contributed by atoms with Gasteiger partial charge in [-0.05, 0) is 17.7 Å². The minimum Gasteiger partial charge on any atom is -0.468 e. The maximum Gasteiger partial charge on any atom is 0.422 e. The largest absolute Gasteiger partial charge is 0.468 e. The Morgan fingerprint density at radius 2 is 1.96 bits per heavy atom. The first kappa shape index (κ1) is 18.9. The smallest absolute Gasteiger partial charge is 0.422 e. The lowest BCUT2D eigenvalue weighted by molar-refractivity contribution is -0.154. The van der Waals surface area contributed by atoms with Crippen molar-refractivity contribution in [3.05, 3.63) is 58.2 Å². The average Bonchev–Trinajstić information content (AvgIpc) is 2.56. The van der Waals surface area contributed by atoms with Crippen LogP contribution >= 0.6 is 11.6 Å². The molecule has 0 aliphatic heterocycles. The van der Waals surface area contributed by atoms with E-state index in [2.05, 4.69) is 15.0 Å². The second-order valence-corrected chi connectivity index (χ2v) is 5.19. The maximum absolute atomic E-state index is 14.2. The number of hydrogen-bond donors (Lipinski definition) is 1. The van der Waals surface area contributed by atoms with Crippen LogP contribution in [0.5, 0.6) is 5.88 Å². The number of benzene rings is 1. The van der Waals surface area contributed by atoms with Crippen LogP contribution in [0.25, 0.3) is 0 Å². The van der Waals surface area contributed by atoms with Crippen molar-refractivity contribution in [3.63, 3.8) is 0 Å². The van der Waals surface area contributed by atoms with Gasteiger partial charge in [-0.3, -0.25) is 4.79 Å². The Balaban J connectivity index is 2.29. The Morgan fingerprint density at radius 3 is 2.52 bits per heavy atom. The van der Waals surface area contributed by atoms with Gasteiger partial charge in [0.25, 0.3) is 0 Å². The minimum absolute atomic E-state index is 0.135. The van der Waals surface area contributed by atoms with Crippen molar-refractivity contribution in [2.75, 3.05) is 6.61 Å². The molecule has 0 aliphatic carbocycles. The molecular formula is C15H10ClF5N2O2. The molecule has 134 valence electrons. The number of pyridine rings is 1. The van der Waals surface area contributed by atoms with E-state index in [9.17, 15) is 26.7 Å². The van der Waals surface area contributed by atoms with E-state index in [-0.39, 0.29) is 23.4 Å². The van der Waals surface area contributed by atoms with Gasteiger partial charge in [-0.25, -0.2) is 13.8 Å². The molecule has 1 atom stereocenters. The third-order valence-corrected chi connectivity index (χ3v) is 3.43. The third-order valence-electron chi connectivity index (χ3n) is 3.09. The number of amides is 1. The van der Waals surface area contributed by atoms with Crippen LogP contribution in [0.2, 0.25) is 5.02 Å². The molecular weight excluding hydrogens is 371 g/mol. The number of nitrogens with one attached hydrogen (secondary N) is 1. The number of carbonyl (C=O) groups excluding carboxylic acids is 1. The summed E-state index contributed by atoms with van der Waals surface area (Å²) in [7, 11) is 0. The minimum atomic E-state index is -4.52. The normalized spacial score (nSPS) is 12.6. The van der Waals surface area contributed by atoms with Gasteiger partial charge in [0.05, 0.1) is 6.04 Å². The SMILES string of the molecule is O=CNC(c1ccc(OCC(F)(F)F)nc1)c1ccc(F)c(Cl)c1F. The highest BCUT2D eigenvalue weighted by Crippen LogP contribution is 2.30. The zero-order valence-electron chi connectivity index (χ0n) is 12.3. The predicted molar refractivity (Wildman–Crippen MR) is 78.2 cm³/mol. The van der Waals surface area contributed by atoms with E-state index in [1.165, 1.54) is 6.07 Å². The summed E-state index contributed by atoms with van der Waals surface area (Å²) in [5, 5.41) is 1.57. The molecule has 4 nitrogen and oxygen atoms in total. The molecule has 2 aromatic rings. The number of alkyl halides is 3. The third kappa shape index (κ3) is 4.79. The second kappa shape index (κ2) is 7.64. The van der Waals surface area contributed by atoms with Gasteiger partial charge < -0.3 is 10.1 Å². The van der Waals surface area contributed by atoms with Gasteiger partial charge in [-0.1, -0.05) is 17.7 Å². The molecule has 10 heteroatoms. The molecule has 2 rings (SSSR count). The van der Waals surface area contributed by atoms with E-state index in [4.69, 9.17) is 11.6 Å². The molecule has 0 fully saturated rings. The molecule has 0 saturated carbocycles. The first-order valence-electron chi connectivity index (χ1n) is 6.71. The fourth-order valence-electron chi connectivity index (χ4n) is 2.00. The van der Waals surface area contributed by atoms with Gasteiger partial charge in [0.15, 0.2) is 6.61 Å². The van der Waals surface area contributed by atoms with Crippen LogP contribution < -0.4 is 10.1 Å². The van der Waals surface area contributed by atoms with Gasteiger partial charge in [0.2, 0.25) is 12.3 Å². The molecule has 1 heterocycles. The summed E-state index contributed by atoms with van der Waals surface area (Å²) in [6.45, 7) is -1.52. The molecule has 0 radical (unpaired) electrons. The van der Waals surface area contributed by atoms with E-state index in [0.717, 1.165) is 24.4 Å². The standard InChI is InChI=1S/C15H10ClF5N2O2/c16-12-10(17)3-2-9(13(12)18)14(23-7-24)8-1-4-11(22-5-8)25-6-15(19,20)21/h1-5,7,14H,6H2,(H,23,24). The van der Waals surface area contributed by atoms with Crippen LogP contribution in [-0.4, -0.2) is 24.2 Å². The summed E-state index contributed by atoms with van der Waals surface area (Å²) in [6, 6.07) is 3.36. The summed E-state index contributed by atoms with van der Waals surface area (Å²) < 4.78 is 68.2. The molecule has 1 aromatic heterocycles. The lowest BCUT2D eigenvalue weighted by Crippen LogP contribution is -2.22. The quantitative estimate of drug-likeness (QED) is 0.471. The first-order chi connectivity index (χ1) is 11.7. The number of nitrogens with zero attached hydrogens (tertiary/aromatic N) is 1. The number of carbonyl (C=O) groups is 1. The molecule has 0 aliphatic rings. The lowest BCUT2D eigenvalue weighted by Gasteiger charge is -2.18. The molecule has 0 bridgehead atoms. The van der Waals surface area contributed by atoms with Crippen LogP contribution in [0.3, 0.4) is 0 Å². The van der Waals surface area contributed by atoms with E-state index in [1.54, 1.807) is 0 Å². The van der Waals surface area contributed by atoms with Crippen molar-refractivity contribution in [1.82, 2.24) is 10.3 Å². The van der Waals surface area contributed by atoms with Crippen LogP contribution in [-0.2, 0) is 4.79 Å². The number of halogens is 6. The van der Waals surface area contributed by atoms with Crippen molar-refractivity contribution >= 4 is 18.0 Å². The van der Waals surface area contributed by atoms with Crippen molar-refractivity contribution < 1.29 is 31.5 Å². The summed E-state index contributed by atoms with van der Waals surface area (Å²) in [5.41, 5.74) is 0.0947. The summed E-state index contributed by atoms with van der Waals surface area (Å²) in [4.78, 5) is 14.5. The summed E-state index contributed by atoms with van der Waals surface area (Å²) >= 11 is 5.52. The second-order valence-electron chi connectivity index (χ2n) is 4.82. The van der Waals surface area contributed by atoms with E-state index < -0.39 is 35.5 Å². The van der Waals surface area contributed by atoms with Crippen LogP contribution in [0.4, 0.5) is 22.0 Å². The first-order valence-corrected chi connectivity index (χ1v) is 7.09. The van der Waals surface area contributed by atoms with Gasteiger partial charge in [-0.2, -0.15) is 13.2 Å². The Hall–Kier alpha value is -2.42. The zero-order valence-corrected chi connectivity index (χ0v) is 13.0. The topological polar surface area (TPSA) is 51.2 Å². The number of ether oxygens (including phenoxy) is 1. The van der Waals surface area contributed by atoms with Gasteiger partial charge >= 0.3 is 6.18 Å². The van der Waals surface area contributed by atoms with E-state index in [1.807, 2.05) is 0 Å². The van der Waals surface area contributed by atoms with Gasteiger partial charge in [0, 0.05) is 17.8 Å². The van der Waals surface area contributed by atoms with Crippen molar-refractivity contribution in [1.29, 1.82) is 0 Å². The van der Waals surface area contributed by atoms with Crippen molar-refractivity contribution in [2.24, 2.45) is 0 Å². The fourth-order valence-corrected chi connectivity index (χ4v) is 2.17. The van der Waals surface area contributed by atoms with Crippen LogP contribution in [0.1, 0.15) is 17.2 Å². The van der Waals surface area contributed by atoms with Crippen LogP contribution in [0.15, 0.2) is 30.5 Å². The fraction of sp³-hybridized carbons (Fsp3) is 0.200. The highest BCUT2D eigenvalue weighted by atomic mass is 35.5. The number of rotatable bonds is 6.